The molecule has 0 aliphatic rings. The van der Waals surface area contributed by atoms with Crippen LogP contribution in [-0.4, -0.2) is 15.1 Å². The van der Waals surface area contributed by atoms with Crippen LogP contribution in [0.2, 0.25) is 0 Å². The van der Waals surface area contributed by atoms with E-state index in [9.17, 15) is 5.11 Å². The number of nitrogens with zero attached hydrogens (tertiary/aromatic N) is 3. The molecule has 0 radical (unpaired) electrons. The van der Waals surface area contributed by atoms with E-state index in [1.807, 2.05) is 41.8 Å². The smallest absolute Gasteiger partial charge is 0.230 e. The van der Waals surface area contributed by atoms with Crippen molar-refractivity contribution in [2.24, 2.45) is 10.2 Å². The van der Waals surface area contributed by atoms with Crippen molar-refractivity contribution in [3.63, 3.8) is 0 Å². The first-order valence-corrected chi connectivity index (χ1v) is 9.32. The Bertz CT molecular complexity index is 1310. The summed E-state index contributed by atoms with van der Waals surface area (Å²) in [5, 5.41) is 24.2. The molecular weight excluding hydrogens is 436 g/mol. The Morgan fingerprint density at radius 2 is 1.68 bits per heavy atom. The van der Waals surface area contributed by atoms with Crippen LogP contribution in [0.4, 0.5) is 10.8 Å². The van der Waals surface area contributed by atoms with Crippen LogP contribution in [-0.2, 0) is 0 Å². The molecule has 2 heterocycles. The van der Waals surface area contributed by atoms with Crippen LogP contribution in [0.3, 0.4) is 0 Å². The van der Waals surface area contributed by atoms with Crippen molar-refractivity contribution >= 4 is 60.8 Å². The molecule has 5 aromatic rings. The highest BCUT2D eigenvalue weighted by molar-refractivity contribution is 8.93. The number of aromatic nitrogens is 2. The summed E-state index contributed by atoms with van der Waals surface area (Å²) in [6.45, 7) is 0. The lowest BCUT2D eigenvalue weighted by Gasteiger charge is -2.00. The van der Waals surface area contributed by atoms with E-state index in [1.165, 1.54) is 22.1 Å². The molecule has 5 rings (SSSR count). The first-order valence-electron chi connectivity index (χ1n) is 8.44. The molecule has 7 heteroatoms. The van der Waals surface area contributed by atoms with E-state index in [0.29, 0.717) is 10.8 Å². The van der Waals surface area contributed by atoms with Crippen LogP contribution >= 0.6 is 28.3 Å². The van der Waals surface area contributed by atoms with E-state index >= 15 is 0 Å². The fourth-order valence-corrected chi connectivity index (χ4v) is 3.74. The number of halogens is 1. The Hall–Kier alpha value is -3.03. The molecule has 0 aliphatic carbocycles. The highest BCUT2D eigenvalue weighted by atomic mass is 79.9. The number of aromatic amines is 1. The van der Waals surface area contributed by atoms with Crippen LogP contribution < -0.4 is 0 Å². The number of azo groups is 1. The van der Waals surface area contributed by atoms with Gasteiger partial charge in [0.2, 0.25) is 11.0 Å². The van der Waals surface area contributed by atoms with Gasteiger partial charge in [0.05, 0.1) is 11.2 Å². The second-order valence-electron chi connectivity index (χ2n) is 6.15. The molecule has 0 aliphatic heterocycles. The molecule has 0 fully saturated rings. The number of para-hydroxylation sites is 1. The molecule has 0 unspecified atom stereocenters. The number of rotatable bonds is 3. The predicted octanol–water partition coefficient (Wildman–Crippen LogP) is 7.14. The van der Waals surface area contributed by atoms with Crippen molar-refractivity contribution in [1.29, 1.82) is 0 Å². The molecule has 3 aromatic carbocycles. The lowest BCUT2D eigenvalue weighted by atomic mass is 10.1. The number of benzene rings is 3. The van der Waals surface area contributed by atoms with E-state index in [2.05, 4.69) is 50.5 Å². The van der Waals surface area contributed by atoms with Crippen molar-refractivity contribution in [2.75, 3.05) is 0 Å². The molecule has 0 saturated heterocycles. The molecular formula is C21H15BrN4OS. The topological polar surface area (TPSA) is 73.6 Å². The lowest BCUT2D eigenvalue weighted by Crippen LogP contribution is -1.78. The third kappa shape index (κ3) is 3.30. The number of thiazole rings is 1. The number of nitrogens with one attached hydrogen (secondary N) is 1. The van der Waals surface area contributed by atoms with Gasteiger partial charge < -0.3 is 10.1 Å². The third-order valence-electron chi connectivity index (χ3n) is 4.43. The summed E-state index contributed by atoms with van der Waals surface area (Å²) in [6, 6.07) is 22.1. The number of hydrogen-bond acceptors (Lipinski definition) is 5. The van der Waals surface area contributed by atoms with E-state index < -0.39 is 0 Å². The molecule has 138 valence electrons. The fraction of sp³-hybridized carbons (Fsp3) is 0. The standard InChI is InChI=1S/C21H14N4OS.BrH/c26-20-19(16-7-3-4-8-17(16)22-20)24-25-21-23-18(12-27-21)15-10-9-13-5-1-2-6-14(13)11-15;/h1-12,22,26H;1H. The molecule has 28 heavy (non-hydrogen) atoms. The van der Waals surface area contributed by atoms with Gasteiger partial charge in [0.1, 0.15) is 0 Å². The van der Waals surface area contributed by atoms with Gasteiger partial charge >= 0.3 is 0 Å². The number of H-pyrrole nitrogens is 1. The maximum absolute atomic E-state index is 10.1. The van der Waals surface area contributed by atoms with Gasteiger partial charge in [-0.25, -0.2) is 4.98 Å². The van der Waals surface area contributed by atoms with Crippen LogP contribution in [0.25, 0.3) is 32.9 Å². The zero-order chi connectivity index (χ0) is 18.2. The monoisotopic (exact) mass is 450 g/mol. The molecule has 0 bridgehead atoms. The second-order valence-corrected chi connectivity index (χ2v) is 6.98. The molecule has 0 saturated carbocycles. The van der Waals surface area contributed by atoms with Crippen LogP contribution in [0.1, 0.15) is 0 Å². The Balaban J connectivity index is 0.00000192. The number of hydrogen-bond donors (Lipinski definition) is 2. The molecule has 0 spiro atoms. The van der Waals surface area contributed by atoms with Gasteiger partial charge in [-0.15, -0.1) is 38.5 Å². The van der Waals surface area contributed by atoms with E-state index in [4.69, 9.17) is 0 Å². The summed E-state index contributed by atoms with van der Waals surface area (Å²) < 4.78 is 0. The van der Waals surface area contributed by atoms with Gasteiger partial charge in [-0.05, 0) is 22.9 Å². The quantitative estimate of drug-likeness (QED) is 0.286. The molecule has 2 aromatic heterocycles. The van der Waals surface area contributed by atoms with E-state index in [1.54, 1.807) is 0 Å². The molecule has 5 nitrogen and oxygen atoms in total. The van der Waals surface area contributed by atoms with E-state index in [-0.39, 0.29) is 22.9 Å². The van der Waals surface area contributed by atoms with Gasteiger partial charge in [-0.2, -0.15) is 0 Å². The summed E-state index contributed by atoms with van der Waals surface area (Å²) in [5.74, 6) is 0.00580. The molecule has 2 N–H and O–H groups in total. The van der Waals surface area contributed by atoms with Crippen molar-refractivity contribution in [1.82, 2.24) is 9.97 Å². The van der Waals surface area contributed by atoms with Gasteiger partial charge in [-0.1, -0.05) is 54.6 Å². The normalized spacial score (nSPS) is 11.3. The highest BCUT2D eigenvalue weighted by Crippen LogP contribution is 2.37. The van der Waals surface area contributed by atoms with E-state index in [0.717, 1.165) is 22.2 Å². The second kappa shape index (κ2) is 7.53. The summed E-state index contributed by atoms with van der Waals surface area (Å²) in [7, 11) is 0. The van der Waals surface area contributed by atoms with Gasteiger partial charge in [0.25, 0.3) is 0 Å². The fourth-order valence-electron chi connectivity index (χ4n) is 3.10. The van der Waals surface area contributed by atoms with Crippen molar-refractivity contribution in [3.05, 3.63) is 72.1 Å². The minimum Gasteiger partial charge on any atom is -0.493 e. The Morgan fingerprint density at radius 3 is 2.57 bits per heavy atom. The lowest BCUT2D eigenvalue weighted by molar-refractivity contribution is 0.459. The van der Waals surface area contributed by atoms with Crippen molar-refractivity contribution < 1.29 is 5.11 Å². The maximum atomic E-state index is 10.1. The van der Waals surface area contributed by atoms with Gasteiger partial charge in [0, 0.05) is 16.3 Å². The summed E-state index contributed by atoms with van der Waals surface area (Å²) in [5.41, 5.74) is 3.15. The Kier molecular flexibility index (Phi) is 4.93. The van der Waals surface area contributed by atoms with Crippen LogP contribution in [0.15, 0.2) is 82.3 Å². The average molecular weight is 451 g/mol. The van der Waals surface area contributed by atoms with Gasteiger partial charge in [-0.3, -0.25) is 0 Å². The SMILES string of the molecule is Br.Oc1[nH]c2ccccc2c1N=Nc1nc(-c2ccc3ccccc3c2)cs1. The predicted molar refractivity (Wildman–Crippen MR) is 120 cm³/mol. The zero-order valence-corrected chi connectivity index (χ0v) is 17.1. The summed E-state index contributed by atoms with van der Waals surface area (Å²) in [4.78, 5) is 7.46. The number of fused-ring (bicyclic) bond motifs is 2. The van der Waals surface area contributed by atoms with Crippen LogP contribution in [0.5, 0.6) is 5.88 Å². The van der Waals surface area contributed by atoms with Crippen LogP contribution in [0, 0.1) is 0 Å². The first kappa shape index (κ1) is 18.3. The number of aromatic hydroxyl groups is 1. The summed E-state index contributed by atoms with van der Waals surface area (Å²) >= 11 is 1.42. The third-order valence-corrected chi connectivity index (χ3v) is 5.16. The van der Waals surface area contributed by atoms with Crippen molar-refractivity contribution in [3.8, 4) is 17.1 Å². The minimum absolute atomic E-state index is 0. The first-order chi connectivity index (χ1) is 13.3. The van der Waals surface area contributed by atoms with Crippen molar-refractivity contribution in [2.45, 2.75) is 0 Å². The summed E-state index contributed by atoms with van der Waals surface area (Å²) in [6.07, 6.45) is 0. The Morgan fingerprint density at radius 1 is 0.893 bits per heavy atom. The largest absolute Gasteiger partial charge is 0.493 e. The minimum atomic E-state index is 0. The molecule has 0 atom stereocenters. The highest BCUT2D eigenvalue weighted by Gasteiger charge is 2.10. The maximum Gasteiger partial charge on any atom is 0.230 e. The molecule has 0 amide bonds. The van der Waals surface area contributed by atoms with Gasteiger partial charge in [0.15, 0.2) is 5.69 Å². The Labute approximate surface area is 175 Å². The average Bonchev–Trinajstić information content (AvgIpc) is 3.30. The zero-order valence-electron chi connectivity index (χ0n) is 14.5.